The van der Waals surface area contributed by atoms with Gasteiger partial charge in [-0.2, -0.15) is 31.6 Å². The van der Waals surface area contributed by atoms with Crippen molar-refractivity contribution in [3.05, 3.63) is 107 Å². The first-order valence-electron chi connectivity index (χ1n) is 15.0. The maximum Gasteiger partial charge on any atom is 0.416 e. The van der Waals surface area contributed by atoms with E-state index < -0.39 is 59.5 Å². The van der Waals surface area contributed by atoms with E-state index in [-0.39, 0.29) is 50.8 Å². The lowest BCUT2D eigenvalue weighted by Gasteiger charge is -2.53. The van der Waals surface area contributed by atoms with Gasteiger partial charge in [-0.15, -0.1) is 0 Å². The van der Waals surface area contributed by atoms with Crippen LogP contribution in [0.4, 0.5) is 35.9 Å². The Hall–Kier alpha value is -4.77. The van der Waals surface area contributed by atoms with Crippen molar-refractivity contribution in [2.24, 2.45) is 0 Å². The van der Waals surface area contributed by atoms with E-state index in [1.54, 1.807) is 60.7 Å². The summed E-state index contributed by atoms with van der Waals surface area (Å²) in [5.41, 5.74) is -5.10. The maximum absolute atomic E-state index is 14.0. The van der Waals surface area contributed by atoms with Crippen molar-refractivity contribution < 1.29 is 50.1 Å². The van der Waals surface area contributed by atoms with Crippen LogP contribution in [-0.4, -0.2) is 53.8 Å². The molecular formula is C34H31F6N3O5. The number of ether oxygens (including phenoxy) is 3. The van der Waals surface area contributed by atoms with Gasteiger partial charge in [0.25, 0.3) is 0 Å². The molecule has 5 rings (SSSR count). The molecule has 2 fully saturated rings. The first kappa shape index (κ1) is 34.6. The van der Waals surface area contributed by atoms with Gasteiger partial charge >= 0.3 is 24.5 Å². The Bertz CT molecular complexity index is 1630. The molecule has 8 nitrogen and oxygen atoms in total. The molecule has 2 aliphatic rings. The zero-order valence-electron chi connectivity index (χ0n) is 25.7. The number of alkyl halides is 6. The third kappa shape index (κ3) is 7.06. The Morgan fingerprint density at radius 1 is 0.958 bits per heavy atom. The molecule has 0 aliphatic carbocycles. The molecule has 48 heavy (non-hydrogen) atoms. The molecule has 3 aromatic rings. The van der Waals surface area contributed by atoms with Crippen LogP contribution in [-0.2, 0) is 38.7 Å². The highest BCUT2D eigenvalue weighted by atomic mass is 19.4. The summed E-state index contributed by atoms with van der Waals surface area (Å²) in [6, 6.07) is 20.7. The monoisotopic (exact) mass is 675 g/mol. The summed E-state index contributed by atoms with van der Waals surface area (Å²) in [5, 5.41) is 10.4. The van der Waals surface area contributed by atoms with Gasteiger partial charge in [-0.1, -0.05) is 60.7 Å². The van der Waals surface area contributed by atoms with E-state index in [9.17, 15) is 41.2 Å². The maximum atomic E-state index is 14.0. The number of carbonyl (C=O) groups is 2. The summed E-state index contributed by atoms with van der Waals surface area (Å²) < 4.78 is 98.6. The lowest BCUT2D eigenvalue weighted by molar-refractivity contribution is -0.143. The van der Waals surface area contributed by atoms with Crippen LogP contribution in [0.5, 0.6) is 0 Å². The minimum Gasteiger partial charge on any atom is -0.447 e. The second-order valence-corrected chi connectivity index (χ2v) is 11.7. The molecule has 3 aromatic carbocycles. The number of rotatable bonds is 8. The first-order chi connectivity index (χ1) is 22.7. The average Bonchev–Trinajstić information content (AvgIpc) is 3.52. The number of likely N-dealkylation sites (tertiary alicyclic amines) is 1. The van der Waals surface area contributed by atoms with E-state index in [0.717, 1.165) is 0 Å². The number of nitriles is 1. The standard InChI is InChI=1S/C34H31F6N3O5/c1-23(25-16-27(33(35,36)37)18-28(17-25)34(38,39)40)48-22-32(26-10-6-3-7-11-26)13-12-31(20-41,42-14-15-46-29(42)44)21-43(32)30(45)47-19-24-8-4-2-5-9-24/h2-11,16-18,23H,12-15,19,21-22H2,1H3/t23-,31?,32-/m1/s1. The minimum atomic E-state index is -5.05. The van der Waals surface area contributed by atoms with Crippen LogP contribution in [0.25, 0.3) is 0 Å². The van der Waals surface area contributed by atoms with Crippen LogP contribution >= 0.6 is 0 Å². The average molecular weight is 676 g/mol. The number of nitrogens with zero attached hydrogens (tertiary/aromatic N) is 3. The van der Waals surface area contributed by atoms with Crippen molar-refractivity contribution in [1.29, 1.82) is 5.26 Å². The molecule has 2 saturated heterocycles. The number of halogens is 6. The van der Waals surface area contributed by atoms with Crippen LogP contribution < -0.4 is 0 Å². The lowest BCUT2D eigenvalue weighted by Crippen LogP contribution is -2.66. The van der Waals surface area contributed by atoms with Gasteiger partial charge in [0.05, 0.1) is 48.5 Å². The van der Waals surface area contributed by atoms with Crippen molar-refractivity contribution in [2.75, 3.05) is 26.3 Å². The molecule has 1 unspecified atom stereocenters. The van der Waals surface area contributed by atoms with Gasteiger partial charge < -0.3 is 14.2 Å². The zero-order valence-corrected chi connectivity index (χ0v) is 25.7. The van der Waals surface area contributed by atoms with Crippen molar-refractivity contribution in [1.82, 2.24) is 9.80 Å². The number of amides is 2. The summed E-state index contributed by atoms with van der Waals surface area (Å²) in [6.07, 6.45) is -13.0. The predicted molar refractivity (Wildman–Crippen MR) is 158 cm³/mol. The number of carbonyl (C=O) groups excluding carboxylic acids is 2. The van der Waals surface area contributed by atoms with Gasteiger partial charge in [0.15, 0.2) is 5.54 Å². The van der Waals surface area contributed by atoms with Gasteiger partial charge in [0.1, 0.15) is 13.2 Å². The van der Waals surface area contributed by atoms with E-state index in [1.165, 1.54) is 16.7 Å². The molecule has 0 radical (unpaired) electrons. The van der Waals surface area contributed by atoms with E-state index >= 15 is 0 Å². The van der Waals surface area contributed by atoms with Crippen molar-refractivity contribution in [3.63, 3.8) is 0 Å². The van der Waals surface area contributed by atoms with Crippen LogP contribution in [0.3, 0.4) is 0 Å². The number of hydrogen-bond donors (Lipinski definition) is 0. The molecule has 3 atom stereocenters. The SMILES string of the molecule is C[C@@H](OC[C@@]1(c2ccccc2)CCC(C#N)(N2CCOC2=O)CN1C(=O)OCc1ccccc1)c1cc(C(F)(F)F)cc(C(F)(F)F)c1. The lowest BCUT2D eigenvalue weighted by atomic mass is 9.74. The highest BCUT2D eigenvalue weighted by Gasteiger charge is 2.56. The quantitative estimate of drug-likeness (QED) is 0.226. The van der Waals surface area contributed by atoms with Crippen LogP contribution in [0, 0.1) is 11.3 Å². The van der Waals surface area contributed by atoms with E-state index in [0.29, 0.717) is 23.3 Å². The Morgan fingerprint density at radius 3 is 2.10 bits per heavy atom. The topological polar surface area (TPSA) is 92.1 Å². The third-order valence-corrected chi connectivity index (χ3v) is 8.76. The minimum absolute atomic E-state index is 0.0118. The number of cyclic esters (lactones) is 1. The van der Waals surface area contributed by atoms with Gasteiger partial charge in [0, 0.05) is 0 Å². The fourth-order valence-electron chi connectivity index (χ4n) is 6.09. The van der Waals surface area contributed by atoms with Gasteiger partial charge in [-0.25, -0.2) is 9.59 Å². The Kier molecular flexibility index (Phi) is 9.64. The van der Waals surface area contributed by atoms with Crippen LogP contribution in [0.1, 0.15) is 53.7 Å². The molecular weight excluding hydrogens is 644 g/mol. The second-order valence-electron chi connectivity index (χ2n) is 11.7. The summed E-state index contributed by atoms with van der Waals surface area (Å²) in [4.78, 5) is 29.2. The van der Waals surface area contributed by atoms with Gasteiger partial charge in [-0.3, -0.25) is 9.80 Å². The predicted octanol–water partition coefficient (Wildman–Crippen LogP) is 7.84. The summed E-state index contributed by atoms with van der Waals surface area (Å²) >= 11 is 0. The van der Waals surface area contributed by atoms with E-state index in [2.05, 4.69) is 6.07 Å². The fourth-order valence-corrected chi connectivity index (χ4v) is 6.09. The van der Waals surface area contributed by atoms with Crippen molar-refractivity contribution >= 4 is 12.2 Å². The first-order valence-corrected chi connectivity index (χ1v) is 15.0. The molecule has 0 N–H and O–H groups in total. The largest absolute Gasteiger partial charge is 0.447 e. The second kappa shape index (κ2) is 13.4. The smallest absolute Gasteiger partial charge is 0.416 e. The fraction of sp³-hybridized carbons (Fsp3) is 0.382. The number of hydrogen-bond acceptors (Lipinski definition) is 6. The molecule has 0 saturated carbocycles. The molecule has 2 amide bonds. The molecule has 2 heterocycles. The zero-order chi connectivity index (χ0) is 34.7. The molecule has 0 spiro atoms. The Morgan fingerprint density at radius 2 is 1.56 bits per heavy atom. The van der Waals surface area contributed by atoms with Gasteiger partial charge in [-0.05, 0) is 54.7 Å². The van der Waals surface area contributed by atoms with E-state index in [4.69, 9.17) is 14.2 Å². The normalized spacial score (nSPS) is 22.2. The molecule has 254 valence electrons. The van der Waals surface area contributed by atoms with Crippen molar-refractivity contribution in [3.8, 4) is 6.07 Å². The molecule has 0 aromatic heterocycles. The highest BCUT2D eigenvalue weighted by Crippen LogP contribution is 2.45. The van der Waals surface area contributed by atoms with E-state index in [1.807, 2.05) is 0 Å². The third-order valence-electron chi connectivity index (χ3n) is 8.76. The summed E-state index contributed by atoms with van der Waals surface area (Å²) in [6.45, 7) is 0.566. The molecule has 2 aliphatic heterocycles. The number of benzene rings is 3. The van der Waals surface area contributed by atoms with Crippen LogP contribution in [0.2, 0.25) is 0 Å². The van der Waals surface area contributed by atoms with Gasteiger partial charge in [0.2, 0.25) is 0 Å². The van der Waals surface area contributed by atoms with Crippen molar-refractivity contribution in [2.45, 2.75) is 55.9 Å². The van der Waals surface area contributed by atoms with Crippen LogP contribution in [0.15, 0.2) is 78.9 Å². The molecule has 0 bridgehead atoms. The number of piperidine rings is 1. The Balaban J connectivity index is 1.54. The summed E-state index contributed by atoms with van der Waals surface area (Å²) in [7, 11) is 0. The highest BCUT2D eigenvalue weighted by molar-refractivity contribution is 5.73. The Labute approximate surface area is 272 Å². The summed E-state index contributed by atoms with van der Waals surface area (Å²) in [5.74, 6) is 0. The molecule has 14 heteroatoms.